The number of allylic oxidation sites excluding steroid dienone is 1. The van der Waals surface area contributed by atoms with E-state index in [4.69, 9.17) is 23.2 Å². The minimum atomic E-state index is -0.488. The SMILES string of the molecule is C=CCn1c(=NC(=O)/C=C/c2ccc([N+](=O)[O-])s2)sc2cc(Cl)cc(Cl)c21. The van der Waals surface area contributed by atoms with Gasteiger partial charge in [-0.25, -0.2) is 0 Å². The summed E-state index contributed by atoms with van der Waals surface area (Å²) >= 11 is 14.6. The van der Waals surface area contributed by atoms with E-state index in [0.29, 0.717) is 26.3 Å². The second-order valence-corrected chi connectivity index (χ2v) is 8.18. The van der Waals surface area contributed by atoms with E-state index in [9.17, 15) is 14.9 Å². The normalized spacial score (nSPS) is 12.1. The first kappa shape index (κ1) is 19.5. The minimum Gasteiger partial charge on any atom is -0.311 e. The van der Waals surface area contributed by atoms with E-state index in [-0.39, 0.29) is 5.00 Å². The van der Waals surface area contributed by atoms with Crippen LogP contribution in [0, 0.1) is 10.1 Å². The number of halogens is 2. The van der Waals surface area contributed by atoms with Gasteiger partial charge in [-0.15, -0.1) is 6.58 Å². The maximum absolute atomic E-state index is 12.2. The Labute approximate surface area is 171 Å². The molecule has 0 bridgehead atoms. The number of amides is 1. The number of nitro groups is 1. The Morgan fingerprint density at radius 2 is 2.11 bits per heavy atom. The van der Waals surface area contributed by atoms with Crippen LogP contribution in [-0.4, -0.2) is 15.4 Å². The van der Waals surface area contributed by atoms with Crippen molar-refractivity contribution in [1.82, 2.24) is 4.57 Å². The molecule has 3 rings (SSSR count). The lowest BCUT2D eigenvalue weighted by atomic mass is 10.3. The molecule has 6 nitrogen and oxygen atoms in total. The molecule has 3 aromatic rings. The van der Waals surface area contributed by atoms with Gasteiger partial charge in [0.25, 0.3) is 5.91 Å². The van der Waals surface area contributed by atoms with E-state index in [0.717, 1.165) is 21.6 Å². The summed E-state index contributed by atoms with van der Waals surface area (Å²) in [6.45, 7) is 4.15. The molecule has 10 heteroatoms. The quantitative estimate of drug-likeness (QED) is 0.234. The monoisotopic (exact) mass is 439 g/mol. The Kier molecular flexibility index (Phi) is 5.91. The molecule has 0 N–H and O–H groups in total. The average Bonchev–Trinajstić information content (AvgIpc) is 3.19. The Balaban J connectivity index is 1.98. The van der Waals surface area contributed by atoms with Crippen LogP contribution in [0.15, 0.2) is 48.0 Å². The summed E-state index contributed by atoms with van der Waals surface area (Å²) in [5.74, 6) is -0.488. The summed E-state index contributed by atoms with van der Waals surface area (Å²) in [5.41, 5.74) is 0.732. The highest BCUT2D eigenvalue weighted by atomic mass is 35.5. The van der Waals surface area contributed by atoms with Gasteiger partial charge in [-0.1, -0.05) is 52.0 Å². The van der Waals surface area contributed by atoms with Gasteiger partial charge in [0.15, 0.2) is 4.80 Å². The summed E-state index contributed by atoms with van der Waals surface area (Å²) in [6, 6.07) is 6.36. The van der Waals surface area contributed by atoms with E-state index in [1.54, 1.807) is 28.8 Å². The van der Waals surface area contributed by atoms with Crippen molar-refractivity contribution >= 4 is 73.1 Å². The van der Waals surface area contributed by atoms with E-state index in [1.807, 2.05) is 0 Å². The number of carbonyl (C=O) groups is 1. The molecule has 0 aliphatic heterocycles. The molecule has 0 fully saturated rings. The first-order chi connectivity index (χ1) is 12.9. The maximum Gasteiger partial charge on any atom is 0.324 e. The van der Waals surface area contributed by atoms with E-state index >= 15 is 0 Å². The minimum absolute atomic E-state index is 0.0129. The van der Waals surface area contributed by atoms with Crippen molar-refractivity contribution in [3.8, 4) is 0 Å². The number of aromatic nitrogens is 1. The molecule has 0 aliphatic carbocycles. The molecule has 27 heavy (non-hydrogen) atoms. The fourth-order valence-corrected chi connectivity index (χ4v) is 4.88. The first-order valence-electron chi connectivity index (χ1n) is 7.49. The Bertz CT molecular complexity index is 1160. The molecule has 0 saturated carbocycles. The standard InChI is InChI=1S/C17H11Cl2N3O3S2/c1-2-7-21-16-12(19)8-10(18)9-13(16)27-17(21)20-14(23)5-3-11-4-6-15(26-11)22(24)25/h2-6,8-9H,1,7H2/b5-3+,20-17?. The topological polar surface area (TPSA) is 77.5 Å². The largest absolute Gasteiger partial charge is 0.324 e. The zero-order chi connectivity index (χ0) is 19.6. The number of rotatable bonds is 5. The third-order valence-electron chi connectivity index (χ3n) is 3.40. The summed E-state index contributed by atoms with van der Waals surface area (Å²) in [5, 5.41) is 11.7. The van der Waals surface area contributed by atoms with Crippen LogP contribution >= 0.6 is 45.9 Å². The first-order valence-corrected chi connectivity index (χ1v) is 9.88. The predicted molar refractivity (Wildman–Crippen MR) is 111 cm³/mol. The second kappa shape index (κ2) is 8.18. The third kappa shape index (κ3) is 4.36. The molecule has 2 aromatic heterocycles. The molecular formula is C17H11Cl2N3O3S2. The second-order valence-electron chi connectivity index (χ2n) is 5.23. The van der Waals surface area contributed by atoms with Gasteiger partial charge in [0.05, 0.1) is 20.2 Å². The zero-order valence-electron chi connectivity index (χ0n) is 13.6. The predicted octanol–water partition coefficient (Wildman–Crippen LogP) is 5.31. The van der Waals surface area contributed by atoms with Gasteiger partial charge in [0.2, 0.25) is 0 Å². The molecule has 0 unspecified atom stereocenters. The van der Waals surface area contributed by atoms with E-state index < -0.39 is 10.8 Å². The number of hydrogen-bond acceptors (Lipinski definition) is 5. The Morgan fingerprint density at radius 3 is 2.78 bits per heavy atom. The molecule has 138 valence electrons. The summed E-state index contributed by atoms with van der Waals surface area (Å²) in [4.78, 5) is 27.6. The number of thiazole rings is 1. The highest BCUT2D eigenvalue weighted by molar-refractivity contribution is 7.16. The number of nitrogens with zero attached hydrogens (tertiary/aromatic N) is 3. The van der Waals surface area contributed by atoms with Gasteiger partial charge in [0, 0.05) is 28.6 Å². The van der Waals surface area contributed by atoms with Crippen LogP contribution in [-0.2, 0) is 11.3 Å². The Hall–Kier alpha value is -2.26. The highest BCUT2D eigenvalue weighted by Crippen LogP contribution is 2.29. The van der Waals surface area contributed by atoms with Crippen molar-refractivity contribution in [2.45, 2.75) is 6.54 Å². The number of carbonyl (C=O) groups excluding carboxylic acids is 1. The van der Waals surface area contributed by atoms with Gasteiger partial charge in [-0.2, -0.15) is 4.99 Å². The van der Waals surface area contributed by atoms with Gasteiger partial charge in [-0.05, 0) is 24.3 Å². The molecule has 2 heterocycles. The van der Waals surface area contributed by atoms with Crippen molar-refractivity contribution in [2.75, 3.05) is 0 Å². The number of thiophene rings is 1. The van der Waals surface area contributed by atoms with Crippen LogP contribution in [0.2, 0.25) is 10.0 Å². The Morgan fingerprint density at radius 1 is 1.33 bits per heavy atom. The summed E-state index contributed by atoms with van der Waals surface area (Å²) in [6.07, 6.45) is 4.45. The van der Waals surface area contributed by atoms with Crippen LogP contribution in [0.3, 0.4) is 0 Å². The van der Waals surface area contributed by atoms with E-state index in [1.165, 1.54) is 29.6 Å². The van der Waals surface area contributed by atoms with Gasteiger partial charge < -0.3 is 4.57 Å². The molecular weight excluding hydrogens is 429 g/mol. The molecule has 0 aliphatic rings. The fraction of sp³-hybridized carbons (Fsp3) is 0.0588. The smallest absolute Gasteiger partial charge is 0.311 e. The van der Waals surface area contributed by atoms with Crippen molar-refractivity contribution in [3.63, 3.8) is 0 Å². The van der Waals surface area contributed by atoms with Gasteiger partial charge in [0.1, 0.15) is 0 Å². The van der Waals surface area contributed by atoms with Gasteiger partial charge in [-0.3, -0.25) is 14.9 Å². The summed E-state index contributed by atoms with van der Waals surface area (Å²) in [7, 11) is 0. The number of fused-ring (bicyclic) bond motifs is 1. The number of benzene rings is 1. The van der Waals surface area contributed by atoms with Crippen molar-refractivity contribution in [3.05, 3.63) is 72.8 Å². The van der Waals surface area contributed by atoms with Crippen LogP contribution in [0.25, 0.3) is 16.3 Å². The van der Waals surface area contributed by atoms with Crippen LogP contribution in [0.5, 0.6) is 0 Å². The zero-order valence-corrected chi connectivity index (χ0v) is 16.7. The maximum atomic E-state index is 12.2. The lowest BCUT2D eigenvalue weighted by molar-refractivity contribution is -0.380. The lowest BCUT2D eigenvalue weighted by Gasteiger charge is -2.03. The van der Waals surface area contributed by atoms with Crippen molar-refractivity contribution in [2.24, 2.45) is 4.99 Å². The molecule has 0 spiro atoms. The lowest BCUT2D eigenvalue weighted by Crippen LogP contribution is -2.15. The molecule has 1 amide bonds. The van der Waals surface area contributed by atoms with E-state index in [2.05, 4.69) is 11.6 Å². The molecule has 0 atom stereocenters. The van der Waals surface area contributed by atoms with Crippen LogP contribution < -0.4 is 4.80 Å². The van der Waals surface area contributed by atoms with Crippen LogP contribution in [0.4, 0.5) is 5.00 Å². The fourth-order valence-electron chi connectivity index (χ4n) is 2.33. The molecule has 0 radical (unpaired) electrons. The van der Waals surface area contributed by atoms with Crippen molar-refractivity contribution in [1.29, 1.82) is 0 Å². The third-order valence-corrected chi connectivity index (χ3v) is 5.93. The molecule has 0 saturated heterocycles. The van der Waals surface area contributed by atoms with Gasteiger partial charge >= 0.3 is 5.00 Å². The highest BCUT2D eigenvalue weighted by Gasteiger charge is 2.11. The number of hydrogen-bond donors (Lipinski definition) is 0. The molecule has 1 aromatic carbocycles. The summed E-state index contributed by atoms with van der Waals surface area (Å²) < 4.78 is 2.59. The van der Waals surface area contributed by atoms with Crippen molar-refractivity contribution < 1.29 is 9.72 Å². The van der Waals surface area contributed by atoms with Crippen LogP contribution in [0.1, 0.15) is 4.88 Å². The average molecular weight is 440 g/mol.